The first-order valence-corrected chi connectivity index (χ1v) is 12.2. The van der Waals surface area contributed by atoms with Crippen LogP contribution >= 0.6 is 11.8 Å². The number of para-hydroxylation sites is 3. The van der Waals surface area contributed by atoms with Crippen LogP contribution in [-0.2, 0) is 14.6 Å². The maximum Gasteiger partial charge on any atom is 0.288 e. The molecule has 0 aliphatic carbocycles. The number of benzene rings is 2. The summed E-state index contributed by atoms with van der Waals surface area (Å²) in [5, 5.41) is 0.287. The molecule has 0 bridgehead atoms. The molecule has 2 heterocycles. The van der Waals surface area contributed by atoms with E-state index in [0.29, 0.717) is 22.4 Å². The number of amides is 1. The summed E-state index contributed by atoms with van der Waals surface area (Å²) in [6.07, 6.45) is -0.774. The number of hydrogen-bond acceptors (Lipinski definition) is 6. The summed E-state index contributed by atoms with van der Waals surface area (Å²) in [4.78, 5) is 18.9. The van der Waals surface area contributed by atoms with Gasteiger partial charge in [0.15, 0.2) is 21.1 Å². The van der Waals surface area contributed by atoms with Gasteiger partial charge in [-0.15, -0.1) is 0 Å². The fourth-order valence-electron chi connectivity index (χ4n) is 3.61. The van der Waals surface area contributed by atoms with E-state index >= 15 is 0 Å². The van der Waals surface area contributed by atoms with Crippen molar-refractivity contribution in [2.45, 2.75) is 24.3 Å². The molecule has 2 aliphatic rings. The molecular weight excluding hydrogens is 424 g/mol. The number of fused-ring (bicyclic) bond motifs is 1. The fourth-order valence-corrected chi connectivity index (χ4v) is 7.53. The summed E-state index contributed by atoms with van der Waals surface area (Å²) < 4.78 is 35.6. The first-order valence-electron chi connectivity index (χ1n) is 9.51. The molecular formula is C21H22N2O5S2. The van der Waals surface area contributed by atoms with Gasteiger partial charge in [0, 0.05) is 5.25 Å². The number of ether oxygens (including phenoxy) is 2. The highest BCUT2D eigenvalue weighted by Gasteiger charge is 2.50. The topological polar surface area (TPSA) is 85.3 Å². The van der Waals surface area contributed by atoms with Crippen LogP contribution in [0.2, 0.25) is 0 Å². The minimum atomic E-state index is -3.14. The first kappa shape index (κ1) is 20.7. The summed E-state index contributed by atoms with van der Waals surface area (Å²) in [6.45, 7) is 1.65. The third-order valence-electron chi connectivity index (χ3n) is 5.02. The number of carbonyl (C=O) groups excluding carboxylic acids is 1. The highest BCUT2D eigenvalue weighted by atomic mass is 32.2. The number of hydrogen-bond donors (Lipinski definition) is 0. The molecule has 30 heavy (non-hydrogen) atoms. The molecule has 7 nitrogen and oxygen atoms in total. The van der Waals surface area contributed by atoms with Gasteiger partial charge < -0.3 is 14.4 Å². The zero-order chi connectivity index (χ0) is 21.3. The van der Waals surface area contributed by atoms with E-state index in [-0.39, 0.29) is 22.8 Å². The molecule has 2 aromatic rings. The fraction of sp³-hybridized carbons (Fsp3) is 0.333. The maximum absolute atomic E-state index is 12.8. The van der Waals surface area contributed by atoms with Crippen molar-refractivity contribution in [1.29, 1.82) is 0 Å². The summed E-state index contributed by atoms with van der Waals surface area (Å²) in [6, 6.07) is 16.1. The van der Waals surface area contributed by atoms with E-state index in [4.69, 9.17) is 9.47 Å². The largest absolute Gasteiger partial charge is 0.495 e. The Morgan fingerprint density at radius 2 is 1.83 bits per heavy atom. The van der Waals surface area contributed by atoms with Crippen molar-refractivity contribution < 1.29 is 22.7 Å². The molecule has 0 N–H and O–H groups in total. The van der Waals surface area contributed by atoms with Gasteiger partial charge in [-0.05, 0) is 31.2 Å². The lowest BCUT2D eigenvalue weighted by Crippen LogP contribution is -2.38. The van der Waals surface area contributed by atoms with E-state index in [1.54, 1.807) is 32.2 Å². The number of thioether (sulfide) groups is 1. The van der Waals surface area contributed by atoms with Crippen LogP contribution in [0.25, 0.3) is 0 Å². The third-order valence-corrected chi connectivity index (χ3v) is 8.23. The van der Waals surface area contributed by atoms with Crippen molar-refractivity contribution in [2.24, 2.45) is 4.99 Å². The normalized spacial score (nSPS) is 24.5. The number of aliphatic imine (C=N–C) groups is 1. The first-order chi connectivity index (χ1) is 14.4. The van der Waals surface area contributed by atoms with Crippen LogP contribution in [0.4, 0.5) is 5.69 Å². The Morgan fingerprint density at radius 1 is 1.13 bits per heavy atom. The Labute approximate surface area is 180 Å². The van der Waals surface area contributed by atoms with Crippen LogP contribution in [-0.4, -0.2) is 55.5 Å². The molecule has 2 aliphatic heterocycles. The molecule has 0 spiro atoms. The van der Waals surface area contributed by atoms with Crippen molar-refractivity contribution in [3.8, 4) is 11.5 Å². The Balaban J connectivity index is 1.64. The van der Waals surface area contributed by atoms with Gasteiger partial charge >= 0.3 is 0 Å². The van der Waals surface area contributed by atoms with Crippen molar-refractivity contribution in [2.75, 3.05) is 23.5 Å². The lowest BCUT2D eigenvalue weighted by molar-refractivity contribution is -0.123. The van der Waals surface area contributed by atoms with E-state index in [1.165, 1.54) is 11.8 Å². The molecule has 0 saturated carbocycles. The standard InChI is InChI=1S/C21H22N2O5S2/c1-14(28-15-8-4-3-5-9-15)20(24)22-21-23(16-10-6-7-11-18(16)27-2)17-12-30(25,26)13-19(17)29-21/h3-11,14,17,19H,12-13H2,1-2H3/t14-,17-,19-/m0/s1. The van der Waals surface area contributed by atoms with E-state index in [2.05, 4.69) is 4.99 Å². The second-order valence-corrected chi connectivity index (χ2v) is 10.5. The van der Waals surface area contributed by atoms with Crippen LogP contribution in [0.3, 0.4) is 0 Å². The Kier molecular flexibility index (Phi) is 5.75. The van der Waals surface area contributed by atoms with E-state index in [9.17, 15) is 13.2 Å². The molecule has 158 valence electrons. The van der Waals surface area contributed by atoms with Gasteiger partial charge in [-0.2, -0.15) is 4.99 Å². The monoisotopic (exact) mass is 446 g/mol. The molecule has 0 radical (unpaired) electrons. The molecule has 3 atom stereocenters. The van der Waals surface area contributed by atoms with Gasteiger partial charge in [0.05, 0.1) is 30.3 Å². The lowest BCUT2D eigenvalue weighted by Gasteiger charge is -2.26. The van der Waals surface area contributed by atoms with Crippen LogP contribution in [0, 0.1) is 0 Å². The average molecular weight is 447 g/mol. The van der Waals surface area contributed by atoms with Crippen LogP contribution in [0.5, 0.6) is 11.5 Å². The van der Waals surface area contributed by atoms with Crippen LogP contribution in [0.1, 0.15) is 6.92 Å². The predicted molar refractivity (Wildman–Crippen MR) is 118 cm³/mol. The second kappa shape index (κ2) is 8.31. The van der Waals surface area contributed by atoms with Gasteiger partial charge in [0.1, 0.15) is 11.5 Å². The number of sulfone groups is 1. The lowest BCUT2D eigenvalue weighted by atomic mass is 10.2. The maximum atomic E-state index is 12.8. The minimum Gasteiger partial charge on any atom is -0.495 e. The van der Waals surface area contributed by atoms with Crippen molar-refractivity contribution >= 4 is 38.4 Å². The average Bonchev–Trinajstić information content (AvgIpc) is 3.19. The summed E-state index contributed by atoms with van der Waals surface area (Å²) in [7, 11) is -1.58. The van der Waals surface area contributed by atoms with Crippen LogP contribution < -0.4 is 14.4 Å². The van der Waals surface area contributed by atoms with Crippen molar-refractivity contribution in [3.63, 3.8) is 0 Å². The number of methoxy groups -OCH3 is 1. The molecule has 2 fully saturated rings. The molecule has 1 amide bonds. The molecule has 0 unspecified atom stereocenters. The van der Waals surface area contributed by atoms with Gasteiger partial charge in [0.25, 0.3) is 5.91 Å². The zero-order valence-electron chi connectivity index (χ0n) is 16.6. The third kappa shape index (κ3) is 4.17. The Bertz CT molecular complexity index is 1070. The summed E-state index contributed by atoms with van der Waals surface area (Å²) >= 11 is 1.32. The predicted octanol–water partition coefficient (Wildman–Crippen LogP) is 2.76. The van der Waals surface area contributed by atoms with Crippen molar-refractivity contribution in [1.82, 2.24) is 0 Å². The molecule has 2 aromatic carbocycles. The SMILES string of the molecule is COc1ccccc1N1C(=NC(=O)[C@H](C)Oc2ccccc2)S[C@H]2CS(=O)(=O)C[C@@H]21. The number of carbonyl (C=O) groups is 1. The van der Waals surface area contributed by atoms with Gasteiger partial charge in [-0.3, -0.25) is 4.79 Å². The van der Waals surface area contributed by atoms with Gasteiger partial charge in [-0.25, -0.2) is 8.42 Å². The Morgan fingerprint density at radius 3 is 2.57 bits per heavy atom. The molecule has 2 saturated heterocycles. The van der Waals surface area contributed by atoms with Gasteiger partial charge in [0.2, 0.25) is 0 Å². The van der Waals surface area contributed by atoms with E-state index < -0.39 is 21.8 Å². The Hall–Kier alpha value is -2.52. The second-order valence-electron chi connectivity index (χ2n) is 7.15. The molecule has 0 aromatic heterocycles. The molecule has 4 rings (SSSR count). The van der Waals surface area contributed by atoms with Crippen molar-refractivity contribution in [3.05, 3.63) is 54.6 Å². The van der Waals surface area contributed by atoms with Crippen LogP contribution in [0.15, 0.2) is 59.6 Å². The zero-order valence-corrected chi connectivity index (χ0v) is 18.2. The summed E-state index contributed by atoms with van der Waals surface area (Å²) in [5.41, 5.74) is 0.695. The highest BCUT2D eigenvalue weighted by Crippen LogP contribution is 2.43. The number of rotatable bonds is 5. The number of amidine groups is 1. The highest BCUT2D eigenvalue weighted by molar-refractivity contribution is 8.16. The number of nitrogens with zero attached hydrogens (tertiary/aromatic N) is 2. The minimum absolute atomic E-state index is 0.0198. The molecule has 9 heteroatoms. The smallest absolute Gasteiger partial charge is 0.288 e. The van der Waals surface area contributed by atoms with E-state index in [0.717, 1.165) is 0 Å². The summed E-state index contributed by atoms with van der Waals surface area (Å²) in [5.74, 6) is 0.839. The van der Waals surface area contributed by atoms with Gasteiger partial charge in [-0.1, -0.05) is 42.1 Å². The quantitative estimate of drug-likeness (QED) is 0.698. The number of anilines is 1. The van der Waals surface area contributed by atoms with E-state index in [1.807, 2.05) is 41.3 Å².